The van der Waals surface area contributed by atoms with Crippen LogP contribution < -0.4 is 10.2 Å². The Balaban J connectivity index is 1.59. The van der Waals surface area contributed by atoms with Gasteiger partial charge in [0.25, 0.3) is 5.91 Å². The fraction of sp³-hybridized carbons (Fsp3) is 0.619. The van der Waals surface area contributed by atoms with Crippen LogP contribution in [-0.4, -0.2) is 60.8 Å². The van der Waals surface area contributed by atoms with Gasteiger partial charge in [-0.25, -0.2) is 9.18 Å². The van der Waals surface area contributed by atoms with Crippen molar-refractivity contribution in [1.29, 1.82) is 0 Å². The minimum absolute atomic E-state index is 0.0300. The van der Waals surface area contributed by atoms with E-state index in [4.69, 9.17) is 13.7 Å². The molecule has 1 saturated carbocycles. The van der Waals surface area contributed by atoms with Gasteiger partial charge < -0.3 is 18.6 Å². The summed E-state index contributed by atoms with van der Waals surface area (Å²) in [4.78, 5) is 26.1. The molecule has 0 atom stereocenters. The second-order valence-electron chi connectivity index (χ2n) is 8.89. The Hall–Kier alpha value is -2.04. The van der Waals surface area contributed by atoms with Crippen molar-refractivity contribution in [3.63, 3.8) is 0 Å². The molecule has 1 N–H and O–H groups in total. The Kier molecular flexibility index (Phi) is 7.33. The van der Waals surface area contributed by atoms with E-state index < -0.39 is 17.3 Å². The van der Waals surface area contributed by atoms with Crippen LogP contribution in [0.5, 0.6) is 5.75 Å². The van der Waals surface area contributed by atoms with Crippen molar-refractivity contribution in [2.75, 3.05) is 33.9 Å². The minimum atomic E-state index is -0.642. The molecule has 3 rings (SSSR count). The number of amides is 2. The smallest absolute Gasteiger partial charge is 0.410 e. The maximum Gasteiger partial charge on any atom is 0.410 e. The summed E-state index contributed by atoms with van der Waals surface area (Å²) in [5, 5.41) is 0. The molecule has 0 aromatic heterocycles. The van der Waals surface area contributed by atoms with E-state index in [0.29, 0.717) is 25.4 Å². The number of hydrazine groups is 1. The lowest BCUT2D eigenvalue weighted by Gasteiger charge is -2.39. The van der Waals surface area contributed by atoms with E-state index in [-0.39, 0.29) is 23.5 Å². The summed E-state index contributed by atoms with van der Waals surface area (Å²) in [7, 11) is 3.07. The number of nitrogens with one attached hydrogen (secondary N) is 1. The highest BCUT2D eigenvalue weighted by molar-refractivity contribution is 7.92. The maximum absolute atomic E-state index is 14.7. The van der Waals surface area contributed by atoms with Crippen LogP contribution in [0.15, 0.2) is 12.1 Å². The van der Waals surface area contributed by atoms with Crippen LogP contribution in [0.4, 0.5) is 9.18 Å². The lowest BCUT2D eigenvalue weighted by Crippen LogP contribution is -2.53. The molecule has 2 fully saturated rings. The minimum Gasteiger partial charge on any atom is -0.493 e. The van der Waals surface area contributed by atoms with Crippen molar-refractivity contribution < 1.29 is 27.6 Å². The number of carbonyl (C=O) groups is 2. The van der Waals surface area contributed by atoms with Crippen LogP contribution in [0.2, 0.25) is 0 Å². The van der Waals surface area contributed by atoms with Gasteiger partial charge in [-0.1, -0.05) is 0 Å². The summed E-state index contributed by atoms with van der Waals surface area (Å²) in [5.41, 5.74) is 2.83. The summed E-state index contributed by atoms with van der Waals surface area (Å²) < 4.78 is 32.2. The number of halogens is 1. The molecule has 172 valence electrons. The summed E-state index contributed by atoms with van der Waals surface area (Å²) >= 11 is 0.929. The normalized spacial score (nSPS) is 16.8. The molecular weight excluding hydrogens is 425 g/mol. The largest absolute Gasteiger partial charge is 0.493 e. The van der Waals surface area contributed by atoms with Gasteiger partial charge in [0.15, 0.2) is 0 Å². The zero-order valence-corrected chi connectivity index (χ0v) is 19.4. The average molecular weight is 456 g/mol. The van der Waals surface area contributed by atoms with Crippen molar-refractivity contribution in [3.05, 3.63) is 29.1 Å². The van der Waals surface area contributed by atoms with Crippen LogP contribution in [0.25, 0.3) is 0 Å². The van der Waals surface area contributed by atoms with Gasteiger partial charge in [0.2, 0.25) is 0 Å². The van der Waals surface area contributed by atoms with E-state index in [1.165, 1.54) is 17.6 Å². The highest BCUT2D eigenvalue weighted by atomic mass is 32.2. The van der Waals surface area contributed by atoms with E-state index in [1.807, 2.05) is 20.8 Å². The van der Waals surface area contributed by atoms with Crippen molar-refractivity contribution in [3.8, 4) is 5.75 Å². The van der Waals surface area contributed by atoms with Crippen LogP contribution in [0, 0.1) is 11.7 Å². The second-order valence-corrected chi connectivity index (χ2v) is 9.92. The van der Waals surface area contributed by atoms with E-state index in [1.54, 1.807) is 18.0 Å². The number of likely N-dealkylation sites (tertiary alicyclic amines) is 1. The molecule has 0 bridgehead atoms. The lowest BCUT2D eigenvalue weighted by atomic mass is 10.0. The van der Waals surface area contributed by atoms with Gasteiger partial charge in [0.1, 0.15) is 29.4 Å². The highest BCUT2D eigenvalue weighted by Gasteiger charge is 2.35. The number of rotatable bonds is 8. The third-order valence-electron chi connectivity index (χ3n) is 4.89. The Labute approximate surface area is 186 Å². The summed E-state index contributed by atoms with van der Waals surface area (Å²) in [5.74, 6) is -0.299. The lowest BCUT2D eigenvalue weighted by molar-refractivity contribution is -0.00788. The molecule has 1 aromatic carbocycles. The van der Waals surface area contributed by atoms with Crippen molar-refractivity contribution in [2.45, 2.75) is 45.1 Å². The number of nitrogens with zero attached hydrogens (tertiary/aromatic N) is 2. The van der Waals surface area contributed by atoms with E-state index in [2.05, 4.69) is 5.43 Å². The van der Waals surface area contributed by atoms with Crippen LogP contribution in [0.3, 0.4) is 0 Å². The molecule has 0 radical (unpaired) electrons. The number of ether oxygens (including phenoxy) is 2. The number of hydrogen-bond donors (Lipinski definition) is 1. The monoisotopic (exact) mass is 455 g/mol. The summed E-state index contributed by atoms with van der Waals surface area (Å²) in [6.45, 7) is 6.95. The fourth-order valence-electron chi connectivity index (χ4n) is 3.28. The first-order chi connectivity index (χ1) is 14.6. The first kappa shape index (κ1) is 23.6. The molecule has 1 saturated heterocycles. The van der Waals surface area contributed by atoms with Gasteiger partial charge in [0, 0.05) is 32.1 Å². The first-order valence-electron chi connectivity index (χ1n) is 10.3. The molecule has 1 aliphatic carbocycles. The predicted molar refractivity (Wildman–Crippen MR) is 115 cm³/mol. The summed E-state index contributed by atoms with van der Waals surface area (Å²) in [6, 6.07) is 2.87. The standard InChI is InChI=1S/C21H30FN3O5S/c1-21(2,3)30-20(27)25-10-13(11-25)12-29-18-9-17(22)16(8-15(18)14-6-7-14)19(26)23-24(4)31-28-5/h8-9,13-14H,6-7,10-12H2,1-5H3,(H,23,26). The molecule has 1 heterocycles. The number of benzene rings is 1. The van der Waals surface area contributed by atoms with Crippen molar-refractivity contribution in [2.24, 2.45) is 5.92 Å². The molecule has 0 unspecified atom stereocenters. The van der Waals surface area contributed by atoms with Gasteiger partial charge in [-0.2, -0.15) is 0 Å². The van der Waals surface area contributed by atoms with Gasteiger partial charge >= 0.3 is 6.09 Å². The Morgan fingerprint density at radius 3 is 2.55 bits per heavy atom. The Bertz CT molecular complexity index is 822. The molecule has 0 spiro atoms. The van der Waals surface area contributed by atoms with Crippen LogP contribution >= 0.6 is 12.2 Å². The molecule has 1 aliphatic heterocycles. The molecule has 2 aliphatic rings. The summed E-state index contributed by atoms with van der Waals surface area (Å²) in [6.07, 6.45) is 1.64. The van der Waals surface area contributed by atoms with Crippen molar-refractivity contribution in [1.82, 2.24) is 14.7 Å². The van der Waals surface area contributed by atoms with Crippen LogP contribution in [0.1, 0.15) is 55.5 Å². The zero-order valence-electron chi connectivity index (χ0n) is 18.6. The second kappa shape index (κ2) is 9.62. The topological polar surface area (TPSA) is 80.3 Å². The third kappa shape index (κ3) is 6.47. The number of hydrogen-bond acceptors (Lipinski definition) is 7. The van der Waals surface area contributed by atoms with Gasteiger partial charge in [-0.05, 0) is 51.2 Å². The van der Waals surface area contributed by atoms with Crippen LogP contribution in [-0.2, 0) is 8.92 Å². The molecule has 31 heavy (non-hydrogen) atoms. The first-order valence-corrected chi connectivity index (χ1v) is 11.0. The van der Waals surface area contributed by atoms with E-state index in [9.17, 15) is 14.0 Å². The average Bonchev–Trinajstić information content (AvgIpc) is 3.43. The SMILES string of the molecule is COSN(C)NC(=O)c1cc(C2CC2)c(OCC2CN(C(=O)OC(C)(C)C)C2)cc1F. The van der Waals surface area contributed by atoms with Gasteiger partial charge in [0.05, 0.1) is 19.3 Å². The zero-order chi connectivity index (χ0) is 22.8. The quantitative estimate of drug-likeness (QED) is 0.363. The van der Waals surface area contributed by atoms with Crippen molar-refractivity contribution >= 4 is 24.2 Å². The maximum atomic E-state index is 14.7. The van der Waals surface area contributed by atoms with E-state index in [0.717, 1.165) is 30.6 Å². The van der Waals surface area contributed by atoms with E-state index >= 15 is 0 Å². The fourth-order valence-corrected chi connectivity index (χ4v) is 3.62. The highest BCUT2D eigenvalue weighted by Crippen LogP contribution is 2.45. The van der Waals surface area contributed by atoms with Gasteiger partial charge in [-0.3, -0.25) is 10.2 Å². The Morgan fingerprint density at radius 2 is 1.97 bits per heavy atom. The van der Waals surface area contributed by atoms with Gasteiger partial charge in [-0.15, -0.1) is 4.41 Å². The molecule has 1 aromatic rings. The molecule has 2 amide bonds. The third-order valence-corrected chi connectivity index (χ3v) is 5.35. The molecular formula is C21H30FN3O5S. The predicted octanol–water partition coefficient (Wildman–Crippen LogP) is 3.74. The molecule has 8 nitrogen and oxygen atoms in total. The Morgan fingerprint density at radius 1 is 1.29 bits per heavy atom. The molecule has 10 heteroatoms. The number of carbonyl (C=O) groups excluding carboxylic acids is 2.